The molecular formula is C18H22N2O2. The van der Waals surface area contributed by atoms with E-state index in [9.17, 15) is 9.90 Å². The first-order chi connectivity index (χ1) is 10.6. The number of hydrogen-bond acceptors (Lipinski definition) is 3. The van der Waals surface area contributed by atoms with Crippen LogP contribution in [0.15, 0.2) is 48.5 Å². The van der Waals surface area contributed by atoms with Gasteiger partial charge in [0.05, 0.1) is 6.42 Å². The summed E-state index contributed by atoms with van der Waals surface area (Å²) in [5, 5.41) is 12.1. The number of nitrogens with zero attached hydrogens (tertiary/aromatic N) is 1. The highest BCUT2D eigenvalue weighted by Crippen LogP contribution is 2.18. The van der Waals surface area contributed by atoms with Crippen molar-refractivity contribution < 1.29 is 9.90 Å². The van der Waals surface area contributed by atoms with Crippen molar-refractivity contribution in [3.63, 3.8) is 0 Å². The molecule has 2 rings (SSSR count). The Balaban J connectivity index is 1.95. The highest BCUT2D eigenvalue weighted by molar-refractivity contribution is 5.92. The van der Waals surface area contributed by atoms with Crippen molar-refractivity contribution in [1.29, 1.82) is 0 Å². The lowest BCUT2D eigenvalue weighted by molar-refractivity contribution is -0.115. The third kappa shape index (κ3) is 4.25. The van der Waals surface area contributed by atoms with Gasteiger partial charge in [0, 0.05) is 24.5 Å². The van der Waals surface area contributed by atoms with Crippen LogP contribution in [0, 0.1) is 0 Å². The molecule has 2 aromatic rings. The van der Waals surface area contributed by atoms with E-state index < -0.39 is 0 Å². The highest BCUT2D eigenvalue weighted by Gasteiger charge is 2.06. The first kappa shape index (κ1) is 15.9. The van der Waals surface area contributed by atoms with Gasteiger partial charge in [0.15, 0.2) is 0 Å². The number of phenols is 1. The van der Waals surface area contributed by atoms with E-state index >= 15 is 0 Å². The second kappa shape index (κ2) is 7.50. The smallest absolute Gasteiger partial charge is 0.228 e. The zero-order valence-corrected chi connectivity index (χ0v) is 13.0. The molecule has 116 valence electrons. The molecule has 0 aliphatic rings. The Bertz CT molecular complexity index is 602. The molecule has 4 heteroatoms. The summed E-state index contributed by atoms with van der Waals surface area (Å²) < 4.78 is 0. The highest BCUT2D eigenvalue weighted by atomic mass is 16.3. The van der Waals surface area contributed by atoms with Gasteiger partial charge in [0.25, 0.3) is 0 Å². The van der Waals surface area contributed by atoms with Gasteiger partial charge in [-0.15, -0.1) is 0 Å². The van der Waals surface area contributed by atoms with Crippen molar-refractivity contribution in [2.45, 2.75) is 20.3 Å². The van der Waals surface area contributed by atoms with Crippen LogP contribution in [0.2, 0.25) is 0 Å². The van der Waals surface area contributed by atoms with Gasteiger partial charge in [-0.05, 0) is 55.8 Å². The molecule has 0 heterocycles. The second-order valence-corrected chi connectivity index (χ2v) is 5.11. The van der Waals surface area contributed by atoms with Crippen molar-refractivity contribution in [2.24, 2.45) is 0 Å². The van der Waals surface area contributed by atoms with Crippen LogP contribution in [0.1, 0.15) is 19.4 Å². The molecule has 0 unspecified atom stereocenters. The number of amides is 1. The quantitative estimate of drug-likeness (QED) is 0.859. The van der Waals surface area contributed by atoms with Crippen LogP contribution in [0.3, 0.4) is 0 Å². The maximum atomic E-state index is 12.0. The van der Waals surface area contributed by atoms with Crippen LogP contribution in [0.5, 0.6) is 5.75 Å². The maximum Gasteiger partial charge on any atom is 0.228 e. The molecule has 22 heavy (non-hydrogen) atoms. The number of carbonyl (C=O) groups excluding carboxylic acids is 1. The predicted octanol–water partition coefficient (Wildman–Crippen LogP) is 3.42. The Labute approximate surface area is 131 Å². The summed E-state index contributed by atoms with van der Waals surface area (Å²) in [5.41, 5.74) is 2.82. The van der Waals surface area contributed by atoms with E-state index in [0.29, 0.717) is 0 Å². The minimum absolute atomic E-state index is 0.0683. The average Bonchev–Trinajstić information content (AvgIpc) is 2.52. The summed E-state index contributed by atoms with van der Waals surface area (Å²) in [4.78, 5) is 14.3. The average molecular weight is 298 g/mol. The normalized spacial score (nSPS) is 10.3. The molecular weight excluding hydrogens is 276 g/mol. The SMILES string of the molecule is CCN(CC)c1ccc(NC(=O)Cc2ccc(O)cc2)cc1. The number of rotatable bonds is 6. The third-order valence-corrected chi connectivity index (χ3v) is 3.58. The number of anilines is 2. The first-order valence-electron chi connectivity index (χ1n) is 7.55. The fourth-order valence-electron chi connectivity index (χ4n) is 2.35. The van der Waals surface area contributed by atoms with E-state index in [1.54, 1.807) is 24.3 Å². The molecule has 1 amide bonds. The van der Waals surface area contributed by atoms with Gasteiger partial charge in [-0.1, -0.05) is 12.1 Å². The van der Waals surface area contributed by atoms with Gasteiger partial charge >= 0.3 is 0 Å². The van der Waals surface area contributed by atoms with Crippen LogP contribution in [-0.2, 0) is 11.2 Å². The monoisotopic (exact) mass is 298 g/mol. The van der Waals surface area contributed by atoms with Crippen LogP contribution in [0.25, 0.3) is 0 Å². The van der Waals surface area contributed by atoms with Crippen LogP contribution >= 0.6 is 0 Å². The summed E-state index contributed by atoms with van der Waals surface area (Å²) in [6, 6.07) is 14.5. The number of carbonyl (C=O) groups is 1. The lowest BCUT2D eigenvalue weighted by Gasteiger charge is -2.21. The Morgan fingerprint density at radius 3 is 2.14 bits per heavy atom. The van der Waals surface area contributed by atoms with Crippen LogP contribution in [-0.4, -0.2) is 24.1 Å². The minimum Gasteiger partial charge on any atom is -0.508 e. The lowest BCUT2D eigenvalue weighted by Crippen LogP contribution is -2.21. The molecule has 2 aromatic carbocycles. The molecule has 0 saturated carbocycles. The van der Waals surface area contributed by atoms with Gasteiger partial charge in [0.1, 0.15) is 5.75 Å². The molecule has 0 saturated heterocycles. The Hall–Kier alpha value is -2.49. The van der Waals surface area contributed by atoms with Crippen molar-refractivity contribution >= 4 is 17.3 Å². The first-order valence-corrected chi connectivity index (χ1v) is 7.55. The topological polar surface area (TPSA) is 52.6 Å². The van der Waals surface area contributed by atoms with E-state index in [4.69, 9.17) is 0 Å². The molecule has 0 radical (unpaired) electrons. The van der Waals surface area contributed by atoms with E-state index in [1.165, 1.54) is 0 Å². The summed E-state index contributed by atoms with van der Waals surface area (Å²) in [5.74, 6) is 0.137. The number of hydrogen-bond donors (Lipinski definition) is 2. The maximum absolute atomic E-state index is 12.0. The van der Waals surface area contributed by atoms with Crippen molar-refractivity contribution in [1.82, 2.24) is 0 Å². The van der Waals surface area contributed by atoms with Crippen molar-refractivity contribution in [3.05, 3.63) is 54.1 Å². The van der Waals surface area contributed by atoms with Crippen molar-refractivity contribution in [2.75, 3.05) is 23.3 Å². The molecule has 4 nitrogen and oxygen atoms in total. The number of phenolic OH excluding ortho intramolecular Hbond substituents is 1. The molecule has 0 bridgehead atoms. The Kier molecular flexibility index (Phi) is 5.42. The van der Waals surface area contributed by atoms with Gasteiger partial charge in [-0.2, -0.15) is 0 Å². The zero-order chi connectivity index (χ0) is 15.9. The minimum atomic E-state index is -0.0683. The van der Waals surface area contributed by atoms with E-state index in [2.05, 4.69) is 24.1 Å². The van der Waals surface area contributed by atoms with Crippen LogP contribution in [0.4, 0.5) is 11.4 Å². The zero-order valence-electron chi connectivity index (χ0n) is 13.0. The third-order valence-electron chi connectivity index (χ3n) is 3.58. The molecule has 0 atom stereocenters. The molecule has 0 aromatic heterocycles. The van der Waals surface area contributed by atoms with E-state index in [-0.39, 0.29) is 18.1 Å². The lowest BCUT2D eigenvalue weighted by atomic mass is 10.1. The van der Waals surface area contributed by atoms with Gasteiger partial charge in [0.2, 0.25) is 5.91 Å². The molecule has 2 N–H and O–H groups in total. The fourth-order valence-corrected chi connectivity index (χ4v) is 2.35. The van der Waals surface area contributed by atoms with Gasteiger partial charge in [-0.3, -0.25) is 4.79 Å². The van der Waals surface area contributed by atoms with E-state index in [0.717, 1.165) is 30.0 Å². The standard InChI is InChI=1S/C18H22N2O2/c1-3-20(4-2)16-9-7-15(8-10-16)19-18(22)13-14-5-11-17(21)12-6-14/h5-12,21H,3-4,13H2,1-2H3,(H,19,22). The van der Waals surface area contributed by atoms with Gasteiger partial charge < -0.3 is 15.3 Å². The molecule has 0 spiro atoms. The Morgan fingerprint density at radius 1 is 1.00 bits per heavy atom. The van der Waals surface area contributed by atoms with Crippen molar-refractivity contribution in [3.8, 4) is 5.75 Å². The van der Waals surface area contributed by atoms with Gasteiger partial charge in [-0.25, -0.2) is 0 Å². The molecule has 0 fully saturated rings. The summed E-state index contributed by atoms with van der Waals surface area (Å²) >= 11 is 0. The summed E-state index contributed by atoms with van der Waals surface area (Å²) in [6.45, 7) is 6.17. The number of aromatic hydroxyl groups is 1. The second-order valence-electron chi connectivity index (χ2n) is 5.11. The number of nitrogens with one attached hydrogen (secondary N) is 1. The Morgan fingerprint density at radius 2 is 1.59 bits per heavy atom. The summed E-state index contributed by atoms with van der Waals surface area (Å²) in [6.07, 6.45) is 0.290. The number of benzene rings is 2. The fraction of sp³-hybridized carbons (Fsp3) is 0.278. The molecule has 0 aliphatic carbocycles. The van der Waals surface area contributed by atoms with E-state index in [1.807, 2.05) is 24.3 Å². The largest absolute Gasteiger partial charge is 0.508 e. The predicted molar refractivity (Wildman–Crippen MR) is 90.4 cm³/mol. The summed E-state index contributed by atoms with van der Waals surface area (Å²) in [7, 11) is 0. The van der Waals surface area contributed by atoms with Crippen LogP contribution < -0.4 is 10.2 Å². The molecule has 0 aliphatic heterocycles.